The summed E-state index contributed by atoms with van der Waals surface area (Å²) in [5, 5.41) is 25.0. The summed E-state index contributed by atoms with van der Waals surface area (Å²) < 4.78 is 5.43. The second kappa shape index (κ2) is 8.37. The molecule has 0 saturated heterocycles. The molecule has 3 rings (SSSR count). The average molecular weight is 372 g/mol. The highest BCUT2D eigenvalue weighted by molar-refractivity contribution is 6.07. The first-order valence-corrected chi connectivity index (χ1v) is 8.93. The van der Waals surface area contributed by atoms with Crippen molar-refractivity contribution >= 4 is 11.6 Å². The van der Waals surface area contributed by atoms with Gasteiger partial charge in [0.25, 0.3) is 5.91 Å². The molecule has 6 heteroatoms. The molecule has 0 aliphatic carbocycles. The van der Waals surface area contributed by atoms with Crippen molar-refractivity contribution in [3.63, 3.8) is 0 Å². The summed E-state index contributed by atoms with van der Waals surface area (Å²) in [6.45, 7) is 2.11. The fourth-order valence-electron chi connectivity index (χ4n) is 3.61. The van der Waals surface area contributed by atoms with Crippen molar-refractivity contribution in [3.8, 4) is 17.9 Å². The van der Waals surface area contributed by atoms with Gasteiger partial charge in [-0.05, 0) is 18.6 Å². The molecule has 0 radical (unpaired) electrons. The lowest BCUT2D eigenvalue weighted by molar-refractivity contribution is -0.133. The van der Waals surface area contributed by atoms with Crippen molar-refractivity contribution < 1.29 is 9.53 Å². The van der Waals surface area contributed by atoms with Gasteiger partial charge in [-0.1, -0.05) is 48.5 Å². The molecule has 1 aliphatic rings. The van der Waals surface area contributed by atoms with Gasteiger partial charge < -0.3 is 4.74 Å². The maximum absolute atomic E-state index is 13.2. The van der Waals surface area contributed by atoms with Crippen LogP contribution in [0.2, 0.25) is 0 Å². The van der Waals surface area contributed by atoms with E-state index in [2.05, 4.69) is 5.10 Å². The Morgan fingerprint density at radius 1 is 1.11 bits per heavy atom. The van der Waals surface area contributed by atoms with Crippen LogP contribution in [-0.4, -0.2) is 23.7 Å². The smallest absolute Gasteiger partial charge is 0.252 e. The predicted octanol–water partition coefficient (Wildman–Crippen LogP) is 3.48. The van der Waals surface area contributed by atoms with Crippen molar-refractivity contribution in [1.29, 1.82) is 10.5 Å². The molecule has 0 fully saturated rings. The van der Waals surface area contributed by atoms with E-state index in [0.29, 0.717) is 23.6 Å². The lowest BCUT2D eigenvalue weighted by Crippen LogP contribution is -2.34. The van der Waals surface area contributed by atoms with E-state index < -0.39 is 17.8 Å². The molecule has 0 spiro atoms. The number of hydrazone groups is 1. The number of nitriles is 2. The monoisotopic (exact) mass is 372 g/mol. The van der Waals surface area contributed by atoms with E-state index in [-0.39, 0.29) is 5.91 Å². The van der Waals surface area contributed by atoms with Gasteiger partial charge in [-0.3, -0.25) is 4.79 Å². The Hall–Kier alpha value is -3.64. The van der Waals surface area contributed by atoms with Crippen LogP contribution in [0, 0.1) is 34.5 Å². The standard InChI is InChI=1S/C22H20N4O2/c1-15-20(22(27)26(25-15)14-16-8-4-3-5-9-16)21(17(12-23)13-24)18-10-6-7-11-19(18)28-2/h3-11,17,20-21H,14H2,1-2H3/t20-,21+/m0/s1. The van der Waals surface area contributed by atoms with Crippen molar-refractivity contribution in [2.45, 2.75) is 19.4 Å². The number of nitrogens with zero attached hydrogens (tertiary/aromatic N) is 4. The van der Waals surface area contributed by atoms with Gasteiger partial charge in [0.15, 0.2) is 0 Å². The molecule has 0 aromatic heterocycles. The molecule has 1 heterocycles. The Bertz CT molecular complexity index is 958. The van der Waals surface area contributed by atoms with E-state index in [1.165, 1.54) is 12.1 Å². The van der Waals surface area contributed by atoms with Gasteiger partial charge in [-0.2, -0.15) is 15.6 Å². The quantitative estimate of drug-likeness (QED) is 0.776. The van der Waals surface area contributed by atoms with E-state index in [0.717, 1.165) is 5.56 Å². The van der Waals surface area contributed by atoms with E-state index >= 15 is 0 Å². The Morgan fingerprint density at radius 2 is 1.75 bits per heavy atom. The summed E-state index contributed by atoms with van der Waals surface area (Å²) in [7, 11) is 1.53. The van der Waals surface area contributed by atoms with Crippen LogP contribution in [0.15, 0.2) is 59.7 Å². The lowest BCUT2D eigenvalue weighted by Gasteiger charge is -2.25. The third-order valence-corrected chi connectivity index (χ3v) is 4.92. The van der Waals surface area contributed by atoms with Gasteiger partial charge in [0.05, 0.1) is 31.7 Å². The number of hydrogen-bond donors (Lipinski definition) is 0. The van der Waals surface area contributed by atoms with Gasteiger partial charge in [-0.25, -0.2) is 5.01 Å². The second-order valence-electron chi connectivity index (χ2n) is 6.60. The third kappa shape index (κ3) is 3.58. The zero-order valence-corrected chi connectivity index (χ0v) is 15.7. The summed E-state index contributed by atoms with van der Waals surface area (Å²) in [5.74, 6) is -2.03. The molecule has 2 aromatic rings. The van der Waals surface area contributed by atoms with Gasteiger partial charge in [-0.15, -0.1) is 0 Å². The minimum Gasteiger partial charge on any atom is -0.496 e. The molecule has 2 aromatic carbocycles. The first-order valence-electron chi connectivity index (χ1n) is 8.93. The molecular formula is C22H20N4O2. The zero-order chi connectivity index (χ0) is 20.1. The molecule has 0 N–H and O–H groups in total. The molecule has 140 valence electrons. The number of hydrogen-bond acceptors (Lipinski definition) is 5. The van der Waals surface area contributed by atoms with Gasteiger partial charge in [0.2, 0.25) is 0 Å². The van der Waals surface area contributed by atoms with Crippen molar-refractivity contribution in [3.05, 3.63) is 65.7 Å². The summed E-state index contributed by atoms with van der Waals surface area (Å²) in [4.78, 5) is 13.2. The van der Waals surface area contributed by atoms with Crippen LogP contribution in [0.25, 0.3) is 0 Å². The van der Waals surface area contributed by atoms with Gasteiger partial charge in [0.1, 0.15) is 11.7 Å². The predicted molar refractivity (Wildman–Crippen MR) is 104 cm³/mol. The molecule has 0 bridgehead atoms. The Balaban J connectivity index is 1.99. The molecule has 1 aliphatic heterocycles. The minimum atomic E-state index is -1.01. The number of rotatable bonds is 6. The molecule has 6 nitrogen and oxygen atoms in total. The summed E-state index contributed by atoms with van der Waals surface area (Å²) in [6, 6.07) is 20.8. The first-order chi connectivity index (χ1) is 13.6. The van der Waals surface area contributed by atoms with E-state index in [9.17, 15) is 15.3 Å². The summed E-state index contributed by atoms with van der Waals surface area (Å²) >= 11 is 0. The molecular weight excluding hydrogens is 352 g/mol. The van der Waals surface area contributed by atoms with Crippen molar-refractivity contribution in [1.82, 2.24) is 5.01 Å². The topological polar surface area (TPSA) is 89.5 Å². The molecule has 0 unspecified atom stereocenters. The Labute approximate surface area is 164 Å². The highest BCUT2D eigenvalue weighted by Gasteiger charge is 2.44. The second-order valence-corrected chi connectivity index (χ2v) is 6.60. The van der Waals surface area contributed by atoms with Crippen molar-refractivity contribution in [2.24, 2.45) is 16.9 Å². The number of carbonyl (C=O) groups excluding carboxylic acids is 1. The van der Waals surface area contributed by atoms with Crippen LogP contribution >= 0.6 is 0 Å². The van der Waals surface area contributed by atoms with Crippen LogP contribution in [0.5, 0.6) is 5.75 Å². The maximum atomic E-state index is 13.2. The third-order valence-electron chi connectivity index (χ3n) is 4.92. The highest BCUT2D eigenvalue weighted by Crippen LogP contribution is 2.41. The number of methoxy groups -OCH3 is 1. The zero-order valence-electron chi connectivity index (χ0n) is 15.7. The number of ether oxygens (including phenoxy) is 1. The fraction of sp³-hybridized carbons (Fsp3) is 0.273. The van der Waals surface area contributed by atoms with E-state index in [1.807, 2.05) is 54.6 Å². The van der Waals surface area contributed by atoms with Crippen LogP contribution < -0.4 is 4.74 Å². The Kier molecular flexibility index (Phi) is 5.72. The highest BCUT2D eigenvalue weighted by atomic mass is 16.5. The van der Waals surface area contributed by atoms with E-state index in [4.69, 9.17) is 4.74 Å². The number of benzene rings is 2. The normalized spacial score (nSPS) is 17.0. The lowest BCUT2D eigenvalue weighted by atomic mass is 9.75. The van der Waals surface area contributed by atoms with Crippen LogP contribution in [0.3, 0.4) is 0 Å². The first kappa shape index (κ1) is 19.1. The minimum absolute atomic E-state index is 0.215. The maximum Gasteiger partial charge on any atom is 0.252 e. The number of carbonyl (C=O) groups is 1. The largest absolute Gasteiger partial charge is 0.496 e. The van der Waals surface area contributed by atoms with Crippen LogP contribution in [0.1, 0.15) is 24.0 Å². The number of amides is 1. The van der Waals surface area contributed by atoms with E-state index in [1.54, 1.807) is 19.1 Å². The number of para-hydroxylation sites is 1. The SMILES string of the molecule is COc1ccccc1[C@@H](C(C#N)C#N)[C@H]1C(=O)N(Cc2ccccc2)N=C1C. The average Bonchev–Trinajstić information content (AvgIpc) is 3.00. The summed E-state index contributed by atoms with van der Waals surface area (Å²) in [5.41, 5.74) is 2.21. The van der Waals surface area contributed by atoms with Crippen LogP contribution in [0.4, 0.5) is 0 Å². The molecule has 1 amide bonds. The van der Waals surface area contributed by atoms with Crippen LogP contribution in [-0.2, 0) is 11.3 Å². The fourth-order valence-corrected chi connectivity index (χ4v) is 3.61. The van der Waals surface area contributed by atoms with Crippen molar-refractivity contribution in [2.75, 3.05) is 7.11 Å². The van der Waals surface area contributed by atoms with Gasteiger partial charge >= 0.3 is 0 Å². The van der Waals surface area contributed by atoms with Gasteiger partial charge in [0, 0.05) is 17.2 Å². The molecule has 0 saturated carbocycles. The molecule has 2 atom stereocenters. The Morgan fingerprint density at radius 3 is 2.39 bits per heavy atom. The molecule has 28 heavy (non-hydrogen) atoms. The summed E-state index contributed by atoms with van der Waals surface area (Å²) in [6.07, 6.45) is 0.